The number of nitriles is 1. The molecule has 0 radical (unpaired) electrons. The van der Waals surface area contributed by atoms with Gasteiger partial charge in [0.1, 0.15) is 0 Å². The third kappa shape index (κ3) is 3.59. The molecule has 0 saturated carbocycles. The normalized spacial score (nSPS) is 10.2. The van der Waals surface area contributed by atoms with Crippen LogP contribution in [0.1, 0.15) is 16.8 Å². The molecule has 0 spiro atoms. The summed E-state index contributed by atoms with van der Waals surface area (Å²) in [5, 5.41) is 8.70. The molecule has 0 aliphatic heterocycles. The van der Waals surface area contributed by atoms with E-state index >= 15 is 0 Å². The Labute approximate surface area is 146 Å². The first-order chi connectivity index (χ1) is 12.2. The Morgan fingerprint density at radius 3 is 2.64 bits per heavy atom. The molecular formula is C20H17N3O2. The molecule has 3 aromatic rings. The van der Waals surface area contributed by atoms with Gasteiger partial charge in [0.2, 0.25) is 5.89 Å². The molecule has 2 aromatic carbocycles. The fourth-order valence-electron chi connectivity index (χ4n) is 2.52. The molecular weight excluding hydrogens is 314 g/mol. The van der Waals surface area contributed by atoms with Gasteiger partial charge in [0.05, 0.1) is 24.3 Å². The second-order valence-electron chi connectivity index (χ2n) is 5.58. The van der Waals surface area contributed by atoms with Crippen molar-refractivity contribution in [2.75, 3.05) is 13.6 Å². The maximum atomic E-state index is 12.7. The Morgan fingerprint density at radius 2 is 1.88 bits per heavy atom. The number of hydrogen-bond acceptors (Lipinski definition) is 4. The van der Waals surface area contributed by atoms with E-state index in [1.165, 1.54) is 4.90 Å². The van der Waals surface area contributed by atoms with Crippen LogP contribution in [0.4, 0.5) is 0 Å². The minimum Gasteiger partial charge on any atom is -0.436 e. The second kappa shape index (κ2) is 7.45. The summed E-state index contributed by atoms with van der Waals surface area (Å²) in [6.45, 7) is 0.379. The van der Waals surface area contributed by atoms with Crippen molar-refractivity contribution in [3.63, 3.8) is 0 Å². The molecule has 0 saturated heterocycles. The molecule has 0 atom stereocenters. The standard InChI is InChI=1S/C20H17N3O2/c1-23(13-7-12-21)20(24)17-11-6-5-10-16(17)19-22-14-18(25-19)15-8-3-2-4-9-15/h2-6,8-11,14H,7,13H2,1H3. The highest BCUT2D eigenvalue weighted by molar-refractivity contribution is 5.99. The van der Waals surface area contributed by atoms with Gasteiger partial charge in [-0.3, -0.25) is 4.79 Å². The van der Waals surface area contributed by atoms with E-state index in [9.17, 15) is 4.79 Å². The maximum Gasteiger partial charge on any atom is 0.254 e. The van der Waals surface area contributed by atoms with Gasteiger partial charge < -0.3 is 9.32 Å². The summed E-state index contributed by atoms with van der Waals surface area (Å²) in [4.78, 5) is 18.5. The lowest BCUT2D eigenvalue weighted by Crippen LogP contribution is -2.28. The van der Waals surface area contributed by atoms with Crippen LogP contribution in [0.3, 0.4) is 0 Å². The summed E-state index contributed by atoms with van der Waals surface area (Å²) in [5.74, 6) is 0.887. The van der Waals surface area contributed by atoms with Crippen LogP contribution >= 0.6 is 0 Å². The number of oxazole rings is 1. The van der Waals surface area contributed by atoms with Crippen LogP contribution < -0.4 is 0 Å². The average Bonchev–Trinajstić information content (AvgIpc) is 3.16. The largest absolute Gasteiger partial charge is 0.436 e. The van der Waals surface area contributed by atoms with E-state index in [0.717, 1.165) is 5.56 Å². The van der Waals surface area contributed by atoms with Crippen LogP contribution in [0.15, 0.2) is 65.2 Å². The fraction of sp³-hybridized carbons (Fsp3) is 0.150. The van der Waals surface area contributed by atoms with Gasteiger partial charge in [-0.2, -0.15) is 5.26 Å². The summed E-state index contributed by atoms with van der Waals surface area (Å²) < 4.78 is 5.87. The number of carbonyl (C=O) groups is 1. The molecule has 25 heavy (non-hydrogen) atoms. The van der Waals surface area contributed by atoms with Gasteiger partial charge >= 0.3 is 0 Å². The van der Waals surface area contributed by atoms with E-state index in [0.29, 0.717) is 35.7 Å². The summed E-state index contributed by atoms with van der Waals surface area (Å²) in [6.07, 6.45) is 1.95. The molecule has 1 amide bonds. The summed E-state index contributed by atoms with van der Waals surface area (Å²) in [7, 11) is 1.68. The van der Waals surface area contributed by atoms with E-state index in [2.05, 4.69) is 4.98 Å². The van der Waals surface area contributed by atoms with Crippen LogP contribution in [-0.4, -0.2) is 29.4 Å². The lowest BCUT2D eigenvalue weighted by atomic mass is 10.1. The van der Waals surface area contributed by atoms with Crippen LogP contribution in [0, 0.1) is 11.3 Å². The topological polar surface area (TPSA) is 70.1 Å². The summed E-state index contributed by atoms with van der Waals surface area (Å²) in [5.41, 5.74) is 2.07. The third-order valence-electron chi connectivity index (χ3n) is 3.86. The minimum atomic E-state index is -0.162. The van der Waals surface area contributed by atoms with Gasteiger partial charge in [0, 0.05) is 24.7 Å². The highest BCUT2D eigenvalue weighted by Crippen LogP contribution is 2.28. The lowest BCUT2D eigenvalue weighted by molar-refractivity contribution is 0.0798. The van der Waals surface area contributed by atoms with Gasteiger partial charge in [-0.05, 0) is 12.1 Å². The minimum absolute atomic E-state index is 0.162. The van der Waals surface area contributed by atoms with Crippen molar-refractivity contribution in [1.82, 2.24) is 9.88 Å². The lowest BCUT2D eigenvalue weighted by Gasteiger charge is -2.16. The van der Waals surface area contributed by atoms with E-state index in [1.54, 1.807) is 25.4 Å². The highest BCUT2D eigenvalue weighted by Gasteiger charge is 2.19. The zero-order chi connectivity index (χ0) is 17.6. The molecule has 1 aromatic heterocycles. The first-order valence-corrected chi connectivity index (χ1v) is 7.94. The maximum absolute atomic E-state index is 12.7. The number of amides is 1. The molecule has 0 aliphatic carbocycles. The number of benzene rings is 2. The summed E-state index contributed by atoms with van der Waals surface area (Å²) >= 11 is 0. The number of rotatable bonds is 5. The van der Waals surface area contributed by atoms with E-state index in [4.69, 9.17) is 9.68 Å². The van der Waals surface area contributed by atoms with Crippen LogP contribution in [0.5, 0.6) is 0 Å². The first kappa shape index (κ1) is 16.5. The molecule has 0 unspecified atom stereocenters. The van der Waals surface area contributed by atoms with Crippen molar-refractivity contribution in [3.8, 4) is 28.8 Å². The third-order valence-corrected chi connectivity index (χ3v) is 3.86. The van der Waals surface area contributed by atoms with Crippen molar-refractivity contribution in [3.05, 3.63) is 66.4 Å². The number of hydrogen-bond donors (Lipinski definition) is 0. The van der Waals surface area contributed by atoms with Crippen molar-refractivity contribution in [2.24, 2.45) is 0 Å². The number of carbonyl (C=O) groups excluding carboxylic acids is 1. The van der Waals surface area contributed by atoms with Gasteiger partial charge in [0.15, 0.2) is 5.76 Å². The molecule has 0 aliphatic rings. The quantitative estimate of drug-likeness (QED) is 0.708. The number of nitrogens with zero attached hydrogens (tertiary/aromatic N) is 3. The Kier molecular flexibility index (Phi) is 4.91. The second-order valence-corrected chi connectivity index (χ2v) is 5.58. The van der Waals surface area contributed by atoms with Crippen LogP contribution in [0.25, 0.3) is 22.8 Å². The Bertz CT molecular complexity index is 910. The number of aromatic nitrogens is 1. The van der Waals surface area contributed by atoms with Gasteiger partial charge in [-0.1, -0.05) is 42.5 Å². The van der Waals surface area contributed by atoms with E-state index in [1.807, 2.05) is 48.5 Å². The zero-order valence-electron chi connectivity index (χ0n) is 13.8. The molecule has 0 N–H and O–H groups in total. The Hall–Kier alpha value is -3.39. The van der Waals surface area contributed by atoms with Gasteiger partial charge in [-0.15, -0.1) is 0 Å². The molecule has 0 bridgehead atoms. The van der Waals surface area contributed by atoms with Crippen molar-refractivity contribution < 1.29 is 9.21 Å². The smallest absolute Gasteiger partial charge is 0.254 e. The first-order valence-electron chi connectivity index (χ1n) is 7.94. The Morgan fingerprint density at radius 1 is 1.16 bits per heavy atom. The van der Waals surface area contributed by atoms with Crippen molar-refractivity contribution in [2.45, 2.75) is 6.42 Å². The highest BCUT2D eigenvalue weighted by atomic mass is 16.4. The molecule has 3 rings (SSSR count). The monoisotopic (exact) mass is 331 g/mol. The van der Waals surface area contributed by atoms with Crippen LogP contribution in [-0.2, 0) is 0 Å². The van der Waals surface area contributed by atoms with Crippen LogP contribution in [0.2, 0.25) is 0 Å². The molecule has 1 heterocycles. The fourth-order valence-corrected chi connectivity index (χ4v) is 2.52. The molecule has 5 nitrogen and oxygen atoms in total. The van der Waals surface area contributed by atoms with Crippen molar-refractivity contribution in [1.29, 1.82) is 5.26 Å². The molecule has 124 valence electrons. The molecule has 5 heteroatoms. The SMILES string of the molecule is CN(CCC#N)C(=O)c1ccccc1-c1ncc(-c2ccccc2)o1. The predicted molar refractivity (Wildman–Crippen MR) is 94.6 cm³/mol. The van der Waals surface area contributed by atoms with E-state index in [-0.39, 0.29) is 5.91 Å². The molecule has 0 fully saturated rings. The Balaban J connectivity index is 1.93. The predicted octanol–water partition coefficient (Wildman–Crippen LogP) is 3.99. The van der Waals surface area contributed by atoms with Gasteiger partial charge in [0.25, 0.3) is 5.91 Å². The van der Waals surface area contributed by atoms with Crippen molar-refractivity contribution >= 4 is 5.91 Å². The summed E-state index contributed by atoms with van der Waals surface area (Å²) in [6, 6.07) is 18.9. The van der Waals surface area contributed by atoms with E-state index < -0.39 is 0 Å². The zero-order valence-corrected chi connectivity index (χ0v) is 13.8. The average molecular weight is 331 g/mol. The van der Waals surface area contributed by atoms with Gasteiger partial charge in [-0.25, -0.2) is 4.98 Å².